The molecule has 1 aliphatic heterocycles. The molecule has 6 nitrogen and oxygen atoms in total. The molecule has 1 aromatic heterocycles. The Hall–Kier alpha value is -2.12. The molecule has 0 fully saturated rings. The van der Waals surface area contributed by atoms with Crippen LogP contribution in [0, 0.1) is 5.82 Å². The van der Waals surface area contributed by atoms with E-state index in [1.54, 1.807) is 37.2 Å². The second-order valence-electron chi connectivity index (χ2n) is 5.55. The van der Waals surface area contributed by atoms with Crippen molar-refractivity contribution >= 4 is 18.3 Å². The zero-order valence-electron chi connectivity index (χ0n) is 13.5. The maximum absolute atomic E-state index is 13.5. The first-order chi connectivity index (χ1) is 11.1. The fourth-order valence-electron chi connectivity index (χ4n) is 2.81. The molecule has 2 unspecified atom stereocenters. The number of hydrogen-bond acceptors (Lipinski definition) is 4. The second-order valence-corrected chi connectivity index (χ2v) is 5.55. The third-order valence-electron chi connectivity index (χ3n) is 3.94. The van der Waals surface area contributed by atoms with Gasteiger partial charge >= 0.3 is 0 Å². The van der Waals surface area contributed by atoms with Crippen LogP contribution in [0.5, 0.6) is 5.75 Å². The molecular weight excluding hydrogens is 335 g/mol. The predicted octanol–water partition coefficient (Wildman–Crippen LogP) is 1.88. The lowest BCUT2D eigenvalue weighted by Gasteiger charge is -2.28. The number of hydrogen-bond donors (Lipinski definition) is 2. The van der Waals surface area contributed by atoms with Gasteiger partial charge in [0, 0.05) is 30.8 Å². The molecule has 130 valence electrons. The van der Waals surface area contributed by atoms with E-state index in [2.05, 4.69) is 15.7 Å². The largest absolute Gasteiger partial charge is 0.493 e. The van der Waals surface area contributed by atoms with Crippen LogP contribution in [0.15, 0.2) is 30.6 Å². The van der Waals surface area contributed by atoms with Crippen LogP contribution in [-0.4, -0.2) is 29.3 Å². The summed E-state index contributed by atoms with van der Waals surface area (Å²) in [5.74, 6) is 0.0962. The van der Waals surface area contributed by atoms with Gasteiger partial charge in [-0.25, -0.2) is 4.39 Å². The minimum absolute atomic E-state index is 0. The Morgan fingerprint density at radius 1 is 1.50 bits per heavy atom. The van der Waals surface area contributed by atoms with Gasteiger partial charge in [-0.15, -0.1) is 12.4 Å². The summed E-state index contributed by atoms with van der Waals surface area (Å²) >= 11 is 0. The summed E-state index contributed by atoms with van der Waals surface area (Å²) in [7, 11) is 3.51. The molecule has 1 amide bonds. The number of rotatable bonds is 4. The van der Waals surface area contributed by atoms with Crippen LogP contribution in [0.1, 0.15) is 29.6 Å². The van der Waals surface area contributed by atoms with E-state index < -0.39 is 6.04 Å². The van der Waals surface area contributed by atoms with E-state index in [0.29, 0.717) is 24.3 Å². The minimum Gasteiger partial charge on any atom is -0.493 e. The first-order valence-corrected chi connectivity index (χ1v) is 7.47. The van der Waals surface area contributed by atoms with Crippen molar-refractivity contribution in [1.29, 1.82) is 0 Å². The fourth-order valence-corrected chi connectivity index (χ4v) is 2.81. The summed E-state index contributed by atoms with van der Waals surface area (Å²) < 4.78 is 20.7. The van der Waals surface area contributed by atoms with Gasteiger partial charge in [-0.05, 0) is 25.2 Å². The maximum atomic E-state index is 13.5. The van der Waals surface area contributed by atoms with Gasteiger partial charge in [0.05, 0.1) is 18.8 Å². The number of aromatic nitrogens is 2. The first-order valence-electron chi connectivity index (χ1n) is 7.47. The summed E-state index contributed by atoms with van der Waals surface area (Å²) in [4.78, 5) is 12.6. The topological polar surface area (TPSA) is 68.2 Å². The van der Waals surface area contributed by atoms with E-state index >= 15 is 0 Å². The van der Waals surface area contributed by atoms with Gasteiger partial charge in [0.2, 0.25) is 5.91 Å². The van der Waals surface area contributed by atoms with Crippen molar-refractivity contribution in [1.82, 2.24) is 20.4 Å². The summed E-state index contributed by atoms with van der Waals surface area (Å²) in [6.07, 6.45) is 4.04. The molecule has 2 heterocycles. The van der Waals surface area contributed by atoms with E-state index in [1.807, 2.05) is 0 Å². The van der Waals surface area contributed by atoms with Crippen LogP contribution < -0.4 is 15.4 Å². The van der Waals surface area contributed by atoms with Gasteiger partial charge in [-0.1, -0.05) is 0 Å². The minimum atomic E-state index is -0.511. The molecule has 2 atom stereocenters. The highest BCUT2D eigenvalue weighted by Crippen LogP contribution is 2.32. The highest BCUT2D eigenvalue weighted by atomic mass is 35.5. The van der Waals surface area contributed by atoms with Gasteiger partial charge in [-0.3, -0.25) is 9.48 Å². The number of likely N-dealkylation sites (N-methyl/N-ethyl adjacent to an activating group) is 1. The lowest BCUT2D eigenvalue weighted by atomic mass is 9.99. The molecule has 2 aromatic rings. The van der Waals surface area contributed by atoms with Gasteiger partial charge in [-0.2, -0.15) is 5.10 Å². The molecule has 0 saturated heterocycles. The van der Waals surface area contributed by atoms with E-state index in [-0.39, 0.29) is 30.2 Å². The average molecular weight is 355 g/mol. The molecule has 0 spiro atoms. The Kier molecular flexibility index (Phi) is 5.80. The van der Waals surface area contributed by atoms with Crippen LogP contribution in [0.2, 0.25) is 0 Å². The van der Waals surface area contributed by atoms with Crippen molar-refractivity contribution in [2.24, 2.45) is 7.05 Å². The molecule has 0 saturated carbocycles. The molecule has 24 heavy (non-hydrogen) atoms. The highest BCUT2D eigenvalue weighted by molar-refractivity contribution is 5.85. The molecule has 0 radical (unpaired) electrons. The quantitative estimate of drug-likeness (QED) is 0.879. The van der Waals surface area contributed by atoms with E-state index in [1.165, 1.54) is 12.1 Å². The van der Waals surface area contributed by atoms with Crippen molar-refractivity contribution < 1.29 is 13.9 Å². The van der Waals surface area contributed by atoms with Crippen LogP contribution in [0.4, 0.5) is 4.39 Å². The molecular formula is C16H20ClFN4O2. The molecule has 0 bridgehead atoms. The standard InChI is InChI=1S/C16H19FN4O2.ClH/c1-18-15(10-8-19-21(2)9-10)16(22)20-13-5-6-23-14-4-3-11(17)7-12(13)14;/h3-4,7-9,13,15,18H,5-6H2,1-2H3,(H,20,22);1H. The number of carbonyl (C=O) groups is 1. The third kappa shape index (κ3) is 3.68. The molecule has 1 aromatic carbocycles. The molecule has 1 aliphatic rings. The van der Waals surface area contributed by atoms with Crippen molar-refractivity contribution in [3.05, 3.63) is 47.5 Å². The fraction of sp³-hybridized carbons (Fsp3) is 0.375. The van der Waals surface area contributed by atoms with Crippen LogP contribution in [0.3, 0.4) is 0 Å². The summed E-state index contributed by atoms with van der Waals surface area (Å²) in [5.41, 5.74) is 1.45. The highest BCUT2D eigenvalue weighted by Gasteiger charge is 2.27. The Bertz CT molecular complexity index is 722. The zero-order chi connectivity index (χ0) is 16.4. The zero-order valence-corrected chi connectivity index (χ0v) is 14.3. The van der Waals surface area contributed by atoms with E-state index in [4.69, 9.17) is 4.74 Å². The maximum Gasteiger partial charge on any atom is 0.242 e. The van der Waals surface area contributed by atoms with Crippen LogP contribution >= 0.6 is 12.4 Å². The normalized spacial score (nSPS) is 17.2. The summed E-state index contributed by atoms with van der Waals surface area (Å²) in [5, 5.41) is 10.1. The van der Waals surface area contributed by atoms with Crippen molar-refractivity contribution in [2.45, 2.75) is 18.5 Å². The summed E-state index contributed by atoms with van der Waals surface area (Å²) in [6, 6.07) is 3.59. The van der Waals surface area contributed by atoms with Crippen LogP contribution in [0.25, 0.3) is 0 Å². The van der Waals surface area contributed by atoms with Gasteiger partial charge < -0.3 is 15.4 Å². The lowest BCUT2D eigenvalue weighted by Crippen LogP contribution is -2.39. The number of nitrogens with zero attached hydrogens (tertiary/aromatic N) is 2. The Morgan fingerprint density at radius 3 is 2.96 bits per heavy atom. The number of fused-ring (bicyclic) bond motifs is 1. The molecule has 2 N–H and O–H groups in total. The Balaban J connectivity index is 0.00000208. The Morgan fingerprint density at radius 2 is 2.29 bits per heavy atom. The average Bonchev–Trinajstić information content (AvgIpc) is 2.95. The van der Waals surface area contributed by atoms with E-state index in [0.717, 1.165) is 5.56 Å². The smallest absolute Gasteiger partial charge is 0.242 e. The van der Waals surface area contributed by atoms with E-state index in [9.17, 15) is 9.18 Å². The Labute approximate surface area is 145 Å². The number of nitrogens with one attached hydrogen (secondary N) is 2. The van der Waals surface area contributed by atoms with Crippen molar-refractivity contribution in [3.8, 4) is 5.75 Å². The number of ether oxygens (including phenoxy) is 1. The number of aryl methyl sites for hydroxylation is 1. The second kappa shape index (κ2) is 7.63. The number of benzene rings is 1. The number of amides is 1. The van der Waals surface area contributed by atoms with Crippen molar-refractivity contribution in [3.63, 3.8) is 0 Å². The monoisotopic (exact) mass is 354 g/mol. The van der Waals surface area contributed by atoms with Gasteiger partial charge in [0.1, 0.15) is 17.6 Å². The lowest BCUT2D eigenvalue weighted by molar-refractivity contribution is -0.124. The predicted molar refractivity (Wildman–Crippen MR) is 89.7 cm³/mol. The van der Waals surface area contributed by atoms with Crippen LogP contribution in [-0.2, 0) is 11.8 Å². The number of carbonyl (C=O) groups excluding carboxylic acids is 1. The molecule has 8 heteroatoms. The molecule has 3 rings (SSSR count). The summed E-state index contributed by atoms with van der Waals surface area (Å²) in [6.45, 7) is 0.487. The van der Waals surface area contributed by atoms with Gasteiger partial charge in [0.25, 0.3) is 0 Å². The van der Waals surface area contributed by atoms with Gasteiger partial charge in [0.15, 0.2) is 0 Å². The first kappa shape index (κ1) is 18.2. The SMILES string of the molecule is CNC(C(=O)NC1CCOc2ccc(F)cc21)c1cnn(C)c1.Cl. The molecule has 0 aliphatic carbocycles. The van der Waals surface area contributed by atoms with Crippen molar-refractivity contribution in [2.75, 3.05) is 13.7 Å². The number of halogens is 2. The third-order valence-corrected chi connectivity index (χ3v) is 3.94.